The molecule has 24 heavy (non-hydrogen) atoms. The Balaban J connectivity index is 1.45. The number of cyclic esters (lactones) is 1. The number of fused-ring (bicyclic) bond motifs is 1. The Bertz CT molecular complexity index is 653. The van der Waals surface area contributed by atoms with Gasteiger partial charge in [0.25, 0.3) is 0 Å². The maximum Gasteiger partial charge on any atom is 0.407 e. The van der Waals surface area contributed by atoms with Crippen molar-refractivity contribution in [1.29, 1.82) is 0 Å². The number of carbonyl (C=O) groups is 1. The highest BCUT2D eigenvalue weighted by molar-refractivity contribution is 5.70. The Hall–Kier alpha value is -1.77. The van der Waals surface area contributed by atoms with Crippen LogP contribution in [0.2, 0.25) is 0 Å². The summed E-state index contributed by atoms with van der Waals surface area (Å²) in [7, 11) is 0. The van der Waals surface area contributed by atoms with Gasteiger partial charge < -0.3 is 10.1 Å². The summed E-state index contributed by atoms with van der Waals surface area (Å²) in [6.45, 7) is 4.38. The molecule has 1 spiro atoms. The van der Waals surface area contributed by atoms with Crippen LogP contribution < -0.4 is 5.32 Å². The van der Waals surface area contributed by atoms with E-state index in [0.29, 0.717) is 12.5 Å². The van der Waals surface area contributed by atoms with E-state index in [0.717, 1.165) is 31.6 Å². The van der Waals surface area contributed by atoms with Gasteiger partial charge in [-0.25, -0.2) is 4.79 Å². The van der Waals surface area contributed by atoms with Crippen molar-refractivity contribution in [1.82, 2.24) is 5.32 Å². The zero-order chi connectivity index (χ0) is 16.6. The van der Waals surface area contributed by atoms with E-state index in [1.807, 2.05) is 6.08 Å². The van der Waals surface area contributed by atoms with E-state index < -0.39 is 0 Å². The third kappa shape index (κ3) is 2.97. The summed E-state index contributed by atoms with van der Waals surface area (Å²) >= 11 is 0. The van der Waals surface area contributed by atoms with E-state index in [9.17, 15) is 4.79 Å². The number of carbonyl (C=O) groups excluding carboxylic acids is 1. The van der Waals surface area contributed by atoms with Crippen LogP contribution in [0.4, 0.5) is 4.79 Å². The summed E-state index contributed by atoms with van der Waals surface area (Å²) in [6, 6.07) is 7.13. The molecule has 3 aliphatic rings. The molecule has 4 rings (SSSR count). The van der Waals surface area contributed by atoms with Gasteiger partial charge >= 0.3 is 6.09 Å². The number of rotatable bonds is 4. The Morgan fingerprint density at radius 2 is 2.25 bits per heavy atom. The number of nitrogens with one attached hydrogen (secondary N) is 1. The van der Waals surface area contributed by atoms with Crippen LogP contribution in [-0.4, -0.2) is 18.2 Å². The predicted molar refractivity (Wildman–Crippen MR) is 95.2 cm³/mol. The van der Waals surface area contributed by atoms with Gasteiger partial charge in [0.15, 0.2) is 0 Å². The highest BCUT2D eigenvalue weighted by Crippen LogP contribution is 2.43. The Morgan fingerprint density at radius 1 is 1.33 bits per heavy atom. The van der Waals surface area contributed by atoms with Gasteiger partial charge in [0.1, 0.15) is 6.61 Å². The van der Waals surface area contributed by atoms with Crippen LogP contribution in [0.3, 0.4) is 0 Å². The first-order chi connectivity index (χ1) is 11.7. The minimum Gasteiger partial charge on any atom is -0.447 e. The molecule has 2 fully saturated rings. The van der Waals surface area contributed by atoms with Crippen molar-refractivity contribution in [2.24, 2.45) is 5.92 Å². The molecule has 2 aliphatic carbocycles. The van der Waals surface area contributed by atoms with Gasteiger partial charge in [0.2, 0.25) is 0 Å². The zero-order valence-electron chi connectivity index (χ0n) is 14.4. The number of benzene rings is 1. The molecular formula is C21H27NO2. The van der Waals surface area contributed by atoms with Gasteiger partial charge in [0.05, 0.1) is 5.54 Å². The fourth-order valence-corrected chi connectivity index (χ4v) is 4.85. The first-order valence-electron chi connectivity index (χ1n) is 9.35. The summed E-state index contributed by atoms with van der Waals surface area (Å²) < 4.78 is 5.15. The highest BCUT2D eigenvalue weighted by Gasteiger charge is 2.46. The third-order valence-corrected chi connectivity index (χ3v) is 6.27. The van der Waals surface area contributed by atoms with E-state index >= 15 is 0 Å². The van der Waals surface area contributed by atoms with Crippen molar-refractivity contribution < 1.29 is 9.53 Å². The zero-order valence-corrected chi connectivity index (χ0v) is 14.4. The minimum atomic E-state index is -0.244. The van der Waals surface area contributed by atoms with Gasteiger partial charge in [-0.2, -0.15) is 0 Å². The number of aryl methyl sites for hydroxylation is 1. The molecule has 128 valence electrons. The molecule has 1 saturated heterocycles. The Morgan fingerprint density at radius 3 is 3.04 bits per heavy atom. The summed E-state index contributed by atoms with van der Waals surface area (Å²) in [5.74, 6) is 1.37. The molecule has 1 N–H and O–H groups in total. The van der Waals surface area contributed by atoms with Crippen LogP contribution in [0.25, 0.3) is 0 Å². The lowest BCUT2D eigenvalue weighted by molar-refractivity contribution is 0.172. The molecule has 1 amide bonds. The predicted octanol–water partition coefficient (Wildman–Crippen LogP) is 4.50. The van der Waals surface area contributed by atoms with Crippen LogP contribution in [0.15, 0.2) is 30.9 Å². The SMILES string of the molecule is C=CCCC1CCc2cc([C@H]3CC[C@]4(COC(=O)N4)C3)ccc2C1. The summed E-state index contributed by atoms with van der Waals surface area (Å²) in [5.41, 5.74) is 4.45. The molecule has 1 aromatic carbocycles. The molecule has 0 bridgehead atoms. The first kappa shape index (κ1) is 15.7. The summed E-state index contributed by atoms with van der Waals surface area (Å²) in [6.07, 6.45) is 11.1. The number of hydrogen-bond donors (Lipinski definition) is 1. The Kier molecular flexibility index (Phi) is 4.11. The highest BCUT2D eigenvalue weighted by atomic mass is 16.6. The standard InChI is InChI=1S/C21H27NO2/c1-2-3-4-15-5-6-17-12-18(8-7-16(17)11-15)19-9-10-21(13-19)14-24-20(23)22-21/h2,7-8,12,15,19H,1,3-6,9-11,13-14H2,(H,22,23)/t15?,19-,21+/m0/s1. The van der Waals surface area contributed by atoms with E-state index in [2.05, 4.69) is 30.1 Å². The van der Waals surface area contributed by atoms with Crippen LogP contribution >= 0.6 is 0 Å². The van der Waals surface area contributed by atoms with Crippen LogP contribution in [0, 0.1) is 5.92 Å². The monoisotopic (exact) mass is 325 g/mol. The third-order valence-electron chi connectivity index (χ3n) is 6.27. The fraction of sp³-hybridized carbons (Fsp3) is 0.571. The maximum absolute atomic E-state index is 11.4. The maximum atomic E-state index is 11.4. The van der Waals surface area contributed by atoms with E-state index in [1.54, 1.807) is 11.1 Å². The number of allylic oxidation sites excluding steroid dienone is 1. The van der Waals surface area contributed by atoms with Gasteiger partial charge in [-0.1, -0.05) is 24.3 Å². The van der Waals surface area contributed by atoms with Crippen LogP contribution in [0.1, 0.15) is 61.1 Å². The van der Waals surface area contributed by atoms with Gasteiger partial charge in [0, 0.05) is 0 Å². The quantitative estimate of drug-likeness (QED) is 0.828. The molecule has 3 heteroatoms. The van der Waals surface area contributed by atoms with E-state index in [-0.39, 0.29) is 11.6 Å². The summed E-state index contributed by atoms with van der Waals surface area (Å²) in [5, 5.41) is 3.05. The lowest BCUT2D eigenvalue weighted by Crippen LogP contribution is -2.40. The summed E-state index contributed by atoms with van der Waals surface area (Å²) in [4.78, 5) is 11.4. The lowest BCUT2D eigenvalue weighted by Gasteiger charge is -2.26. The fourth-order valence-electron chi connectivity index (χ4n) is 4.85. The Labute approximate surface area is 144 Å². The molecule has 0 aromatic heterocycles. The molecule has 1 heterocycles. The van der Waals surface area contributed by atoms with Gasteiger partial charge in [-0.05, 0) is 79.9 Å². The number of amides is 1. The molecule has 3 atom stereocenters. The van der Waals surface area contributed by atoms with Gasteiger partial charge in [-0.15, -0.1) is 6.58 Å². The normalized spacial score (nSPS) is 31.6. The topological polar surface area (TPSA) is 38.3 Å². The van der Waals surface area contributed by atoms with Crippen molar-refractivity contribution in [3.05, 3.63) is 47.5 Å². The average molecular weight is 325 g/mol. The van der Waals surface area contributed by atoms with Crippen LogP contribution in [0.5, 0.6) is 0 Å². The van der Waals surface area contributed by atoms with Crippen molar-refractivity contribution in [2.75, 3.05) is 6.61 Å². The molecule has 0 radical (unpaired) electrons. The minimum absolute atomic E-state index is 0.104. The second kappa shape index (κ2) is 6.27. The number of hydrogen-bond acceptors (Lipinski definition) is 2. The molecule has 1 saturated carbocycles. The average Bonchev–Trinajstić information content (AvgIpc) is 3.18. The second-order valence-corrected chi connectivity index (χ2v) is 7.92. The number of alkyl carbamates (subject to hydrolysis) is 1. The van der Waals surface area contributed by atoms with Crippen molar-refractivity contribution in [3.63, 3.8) is 0 Å². The van der Waals surface area contributed by atoms with Crippen molar-refractivity contribution >= 4 is 6.09 Å². The van der Waals surface area contributed by atoms with E-state index in [4.69, 9.17) is 4.74 Å². The van der Waals surface area contributed by atoms with Crippen molar-refractivity contribution in [2.45, 2.75) is 62.8 Å². The number of ether oxygens (including phenoxy) is 1. The van der Waals surface area contributed by atoms with E-state index in [1.165, 1.54) is 31.2 Å². The van der Waals surface area contributed by atoms with Gasteiger partial charge in [-0.3, -0.25) is 0 Å². The lowest BCUT2D eigenvalue weighted by atomic mass is 9.80. The second-order valence-electron chi connectivity index (χ2n) is 7.92. The van der Waals surface area contributed by atoms with Crippen LogP contribution in [-0.2, 0) is 17.6 Å². The first-order valence-corrected chi connectivity index (χ1v) is 9.35. The smallest absolute Gasteiger partial charge is 0.407 e. The molecule has 1 aromatic rings. The molecule has 3 nitrogen and oxygen atoms in total. The molecular weight excluding hydrogens is 298 g/mol. The molecule has 1 unspecified atom stereocenters. The van der Waals surface area contributed by atoms with Crippen molar-refractivity contribution in [3.8, 4) is 0 Å². The largest absolute Gasteiger partial charge is 0.447 e. The molecule has 1 aliphatic heterocycles.